The molecule has 1 aromatic carbocycles. The van der Waals surface area contributed by atoms with Crippen LogP contribution in [-0.2, 0) is 4.79 Å². The molecule has 0 bridgehead atoms. The van der Waals surface area contributed by atoms with E-state index in [9.17, 15) is 13.6 Å². The molecule has 0 fully saturated rings. The summed E-state index contributed by atoms with van der Waals surface area (Å²) < 4.78 is 30.6. The number of benzene rings is 1. The number of rotatable bonds is 5. The van der Waals surface area contributed by atoms with Crippen LogP contribution in [0.5, 0.6) is 5.75 Å². The minimum atomic E-state index is -0.986. The van der Waals surface area contributed by atoms with Crippen molar-refractivity contribution in [3.63, 3.8) is 0 Å². The SMILES string of the molecule is CC(C)(CCOc1ccc(F)c(F)c1)C(=O)O. The number of carboxylic acids is 1. The van der Waals surface area contributed by atoms with Crippen molar-refractivity contribution < 1.29 is 23.4 Å². The van der Waals surface area contributed by atoms with Crippen molar-refractivity contribution in [2.24, 2.45) is 5.41 Å². The summed E-state index contributed by atoms with van der Waals surface area (Å²) in [6, 6.07) is 3.20. The van der Waals surface area contributed by atoms with Gasteiger partial charge < -0.3 is 9.84 Å². The zero-order valence-corrected chi connectivity index (χ0v) is 9.67. The van der Waals surface area contributed by atoms with Gasteiger partial charge >= 0.3 is 5.97 Å². The minimum Gasteiger partial charge on any atom is -0.493 e. The Morgan fingerprint density at radius 2 is 2.00 bits per heavy atom. The van der Waals surface area contributed by atoms with Gasteiger partial charge in [-0.25, -0.2) is 8.78 Å². The van der Waals surface area contributed by atoms with Gasteiger partial charge in [-0.1, -0.05) is 0 Å². The van der Waals surface area contributed by atoms with Gasteiger partial charge in [0.25, 0.3) is 0 Å². The molecule has 0 spiro atoms. The molecule has 0 amide bonds. The van der Waals surface area contributed by atoms with E-state index in [1.165, 1.54) is 6.07 Å². The Bertz CT molecular complexity index is 416. The highest BCUT2D eigenvalue weighted by Crippen LogP contribution is 2.22. The molecule has 0 unspecified atom stereocenters. The van der Waals surface area contributed by atoms with Crippen molar-refractivity contribution in [3.05, 3.63) is 29.8 Å². The molecule has 1 aromatic rings. The number of carbonyl (C=O) groups is 1. The van der Waals surface area contributed by atoms with Gasteiger partial charge in [0.1, 0.15) is 5.75 Å². The van der Waals surface area contributed by atoms with E-state index in [0.29, 0.717) is 0 Å². The zero-order chi connectivity index (χ0) is 13.1. The number of ether oxygens (including phenoxy) is 1. The molecule has 0 aromatic heterocycles. The molecule has 0 radical (unpaired) electrons. The van der Waals surface area contributed by atoms with Crippen molar-refractivity contribution in [2.45, 2.75) is 20.3 Å². The molecular weight excluding hydrogens is 230 g/mol. The molecule has 94 valence electrons. The molecular formula is C12H14F2O3. The molecule has 1 N–H and O–H groups in total. The van der Waals surface area contributed by atoms with E-state index in [0.717, 1.165) is 12.1 Å². The van der Waals surface area contributed by atoms with E-state index in [2.05, 4.69) is 0 Å². The van der Waals surface area contributed by atoms with Gasteiger partial charge in [0.15, 0.2) is 11.6 Å². The lowest BCUT2D eigenvalue weighted by Gasteiger charge is -2.18. The first-order chi connectivity index (χ1) is 7.83. The normalized spacial score (nSPS) is 11.3. The van der Waals surface area contributed by atoms with E-state index >= 15 is 0 Å². The maximum atomic E-state index is 12.8. The standard InChI is InChI=1S/C12H14F2O3/c1-12(2,11(15)16)5-6-17-8-3-4-9(13)10(14)7-8/h3-4,7H,5-6H2,1-2H3,(H,15,16). The van der Waals surface area contributed by atoms with Crippen molar-refractivity contribution in [1.82, 2.24) is 0 Å². The third kappa shape index (κ3) is 3.69. The number of halogens is 2. The van der Waals surface area contributed by atoms with Crippen molar-refractivity contribution in [3.8, 4) is 5.75 Å². The van der Waals surface area contributed by atoms with Crippen LogP contribution in [0, 0.1) is 17.0 Å². The Labute approximate surface area is 98.0 Å². The Hall–Kier alpha value is -1.65. The Balaban J connectivity index is 2.51. The second kappa shape index (κ2) is 5.12. The fourth-order valence-corrected chi connectivity index (χ4v) is 1.10. The maximum absolute atomic E-state index is 12.8. The van der Waals surface area contributed by atoms with Gasteiger partial charge in [-0.3, -0.25) is 4.79 Å². The van der Waals surface area contributed by atoms with Crippen LogP contribution in [0.15, 0.2) is 18.2 Å². The highest BCUT2D eigenvalue weighted by molar-refractivity contribution is 5.73. The first-order valence-electron chi connectivity index (χ1n) is 5.14. The summed E-state index contributed by atoms with van der Waals surface area (Å²) in [5.74, 6) is -2.67. The van der Waals surface area contributed by atoms with Crippen molar-refractivity contribution in [1.29, 1.82) is 0 Å². The largest absolute Gasteiger partial charge is 0.493 e. The molecule has 3 nitrogen and oxygen atoms in total. The minimum absolute atomic E-state index is 0.129. The summed E-state index contributed by atoms with van der Waals surface area (Å²) in [4.78, 5) is 10.8. The fraction of sp³-hybridized carbons (Fsp3) is 0.417. The van der Waals surface area contributed by atoms with Gasteiger partial charge in [-0.2, -0.15) is 0 Å². The van der Waals surface area contributed by atoms with Crippen LogP contribution in [0.2, 0.25) is 0 Å². The highest BCUT2D eigenvalue weighted by Gasteiger charge is 2.26. The van der Waals surface area contributed by atoms with Gasteiger partial charge in [0.2, 0.25) is 0 Å². The number of hydrogen-bond acceptors (Lipinski definition) is 2. The summed E-state index contributed by atoms with van der Waals surface area (Å²) >= 11 is 0. The van der Waals surface area contributed by atoms with Crippen LogP contribution in [0.4, 0.5) is 8.78 Å². The molecule has 0 aliphatic carbocycles. The summed E-state index contributed by atoms with van der Waals surface area (Å²) in [6.45, 7) is 3.28. The van der Waals surface area contributed by atoms with Gasteiger partial charge in [0, 0.05) is 6.07 Å². The molecule has 5 heteroatoms. The summed E-state index contributed by atoms with van der Waals surface area (Å²) in [5.41, 5.74) is -0.904. The predicted molar refractivity (Wildman–Crippen MR) is 57.9 cm³/mol. The molecule has 17 heavy (non-hydrogen) atoms. The maximum Gasteiger partial charge on any atom is 0.309 e. The number of carboxylic acid groups (broad SMARTS) is 1. The Morgan fingerprint density at radius 1 is 1.35 bits per heavy atom. The van der Waals surface area contributed by atoms with Crippen molar-refractivity contribution in [2.75, 3.05) is 6.61 Å². The van der Waals surface area contributed by atoms with Crippen LogP contribution >= 0.6 is 0 Å². The highest BCUT2D eigenvalue weighted by atomic mass is 19.2. The summed E-state index contributed by atoms with van der Waals surface area (Å²) in [7, 11) is 0. The Morgan fingerprint density at radius 3 is 2.53 bits per heavy atom. The molecule has 1 rings (SSSR count). The van der Waals surface area contributed by atoms with Crippen LogP contribution < -0.4 is 4.74 Å². The molecule has 0 aliphatic heterocycles. The van der Waals surface area contributed by atoms with E-state index < -0.39 is 23.0 Å². The third-order valence-electron chi connectivity index (χ3n) is 2.47. The topological polar surface area (TPSA) is 46.5 Å². The van der Waals surface area contributed by atoms with Crippen LogP contribution in [0.3, 0.4) is 0 Å². The number of hydrogen-bond donors (Lipinski definition) is 1. The number of aliphatic carboxylic acids is 1. The lowest BCUT2D eigenvalue weighted by molar-refractivity contribution is -0.147. The van der Waals surface area contributed by atoms with E-state index in [-0.39, 0.29) is 18.8 Å². The average molecular weight is 244 g/mol. The fourth-order valence-electron chi connectivity index (χ4n) is 1.10. The monoisotopic (exact) mass is 244 g/mol. The van der Waals surface area contributed by atoms with E-state index in [4.69, 9.17) is 9.84 Å². The molecule has 0 saturated heterocycles. The molecule has 0 atom stereocenters. The quantitative estimate of drug-likeness (QED) is 0.866. The second-order valence-corrected chi connectivity index (χ2v) is 4.36. The smallest absolute Gasteiger partial charge is 0.309 e. The average Bonchev–Trinajstić information content (AvgIpc) is 2.23. The van der Waals surface area contributed by atoms with Crippen LogP contribution in [0.25, 0.3) is 0 Å². The Kier molecular flexibility index (Phi) is 4.04. The van der Waals surface area contributed by atoms with E-state index in [1.54, 1.807) is 13.8 Å². The zero-order valence-electron chi connectivity index (χ0n) is 9.67. The van der Waals surface area contributed by atoms with Gasteiger partial charge in [-0.15, -0.1) is 0 Å². The van der Waals surface area contributed by atoms with Crippen molar-refractivity contribution >= 4 is 5.97 Å². The van der Waals surface area contributed by atoms with Crippen LogP contribution in [-0.4, -0.2) is 17.7 Å². The lowest BCUT2D eigenvalue weighted by atomic mass is 9.90. The lowest BCUT2D eigenvalue weighted by Crippen LogP contribution is -2.25. The summed E-state index contributed by atoms with van der Waals surface area (Å²) in [5, 5.41) is 8.85. The first-order valence-corrected chi connectivity index (χ1v) is 5.14. The predicted octanol–water partition coefficient (Wildman–Crippen LogP) is 2.84. The molecule has 0 saturated carbocycles. The second-order valence-electron chi connectivity index (χ2n) is 4.36. The van der Waals surface area contributed by atoms with Gasteiger partial charge in [0.05, 0.1) is 12.0 Å². The molecule has 0 heterocycles. The third-order valence-corrected chi connectivity index (χ3v) is 2.47. The van der Waals surface area contributed by atoms with Crippen LogP contribution in [0.1, 0.15) is 20.3 Å². The first kappa shape index (κ1) is 13.4. The molecule has 0 aliphatic rings. The van der Waals surface area contributed by atoms with Gasteiger partial charge in [-0.05, 0) is 32.4 Å². The summed E-state index contributed by atoms with van der Waals surface area (Å²) in [6.07, 6.45) is 0.279. The van der Waals surface area contributed by atoms with E-state index in [1.807, 2.05) is 0 Å².